The third-order valence-corrected chi connectivity index (χ3v) is 3.65. The summed E-state index contributed by atoms with van der Waals surface area (Å²) in [7, 11) is 0. The molecule has 0 amide bonds. The zero-order chi connectivity index (χ0) is 10.6. The highest BCUT2D eigenvalue weighted by molar-refractivity contribution is 9.09. The van der Waals surface area contributed by atoms with Crippen molar-refractivity contribution in [3.05, 3.63) is 29.8 Å². The van der Waals surface area contributed by atoms with Crippen LogP contribution in [-0.2, 0) is 5.41 Å². The molecule has 0 unspecified atom stereocenters. The molecule has 0 heterocycles. The molecule has 0 radical (unpaired) electrons. The first-order valence-electron chi connectivity index (χ1n) is 4.90. The average molecular weight is 257 g/mol. The molecule has 78 valence electrons. The van der Waals surface area contributed by atoms with E-state index in [1.807, 2.05) is 19.1 Å². The van der Waals surface area contributed by atoms with E-state index in [1.165, 1.54) is 5.56 Å². The molecule has 1 aromatic carbocycles. The lowest BCUT2D eigenvalue weighted by molar-refractivity contribution is 0.330. The van der Waals surface area contributed by atoms with E-state index in [2.05, 4.69) is 41.9 Å². The summed E-state index contributed by atoms with van der Waals surface area (Å²) in [4.78, 5) is 0. The van der Waals surface area contributed by atoms with Gasteiger partial charge in [-0.3, -0.25) is 0 Å². The van der Waals surface area contributed by atoms with E-state index < -0.39 is 0 Å². The minimum absolute atomic E-state index is 0.117. The maximum atomic E-state index is 5.60. The Hall–Kier alpha value is -0.500. The Balaban J connectivity index is 3.06. The van der Waals surface area contributed by atoms with Crippen molar-refractivity contribution >= 4 is 15.9 Å². The molecular weight excluding hydrogens is 240 g/mol. The second-order valence-electron chi connectivity index (χ2n) is 3.95. The van der Waals surface area contributed by atoms with Crippen molar-refractivity contribution in [2.45, 2.75) is 26.2 Å². The number of rotatable bonds is 4. The van der Waals surface area contributed by atoms with Crippen LogP contribution in [0.3, 0.4) is 0 Å². The predicted octanol–water partition coefficient (Wildman–Crippen LogP) is 3.76. The first kappa shape index (κ1) is 11.6. The van der Waals surface area contributed by atoms with E-state index in [9.17, 15) is 0 Å². The molecule has 2 heteroatoms. The minimum Gasteiger partial charge on any atom is -0.494 e. The number of hydrogen-bond acceptors (Lipinski definition) is 1. The summed E-state index contributed by atoms with van der Waals surface area (Å²) in [6.07, 6.45) is 0. The van der Waals surface area contributed by atoms with Gasteiger partial charge in [-0.05, 0) is 13.0 Å². The SMILES string of the molecule is CCOc1ccccc1C(C)(C)CBr. The number of alkyl halides is 1. The van der Waals surface area contributed by atoms with Gasteiger partial charge in [0.05, 0.1) is 6.61 Å². The molecule has 1 aromatic rings. The van der Waals surface area contributed by atoms with Crippen molar-refractivity contribution < 1.29 is 4.74 Å². The van der Waals surface area contributed by atoms with Crippen LogP contribution >= 0.6 is 15.9 Å². The Labute approximate surface area is 94.6 Å². The average Bonchev–Trinajstić information content (AvgIpc) is 2.19. The van der Waals surface area contributed by atoms with Crippen molar-refractivity contribution in [3.8, 4) is 5.75 Å². The fourth-order valence-corrected chi connectivity index (χ4v) is 1.68. The number of hydrogen-bond donors (Lipinski definition) is 0. The van der Waals surface area contributed by atoms with E-state index in [0.717, 1.165) is 17.7 Å². The largest absolute Gasteiger partial charge is 0.494 e. The van der Waals surface area contributed by atoms with Crippen LogP contribution < -0.4 is 4.74 Å². The van der Waals surface area contributed by atoms with Gasteiger partial charge >= 0.3 is 0 Å². The molecule has 0 bridgehead atoms. The summed E-state index contributed by atoms with van der Waals surface area (Å²) in [6, 6.07) is 8.23. The molecule has 1 nitrogen and oxygen atoms in total. The second kappa shape index (κ2) is 4.83. The molecule has 0 fully saturated rings. The summed E-state index contributed by atoms with van der Waals surface area (Å²) >= 11 is 3.54. The van der Waals surface area contributed by atoms with Gasteiger partial charge in [-0.25, -0.2) is 0 Å². The number of benzene rings is 1. The van der Waals surface area contributed by atoms with E-state index in [4.69, 9.17) is 4.74 Å². The number of para-hydroxylation sites is 1. The molecule has 0 N–H and O–H groups in total. The van der Waals surface area contributed by atoms with E-state index in [1.54, 1.807) is 0 Å². The van der Waals surface area contributed by atoms with Crippen molar-refractivity contribution in [2.24, 2.45) is 0 Å². The first-order valence-corrected chi connectivity index (χ1v) is 6.02. The Kier molecular flexibility index (Phi) is 3.99. The minimum atomic E-state index is 0.117. The van der Waals surface area contributed by atoms with Gasteiger partial charge in [-0.1, -0.05) is 48.0 Å². The Morgan fingerprint density at radius 3 is 2.50 bits per heavy atom. The lowest BCUT2D eigenvalue weighted by Crippen LogP contribution is -2.20. The van der Waals surface area contributed by atoms with Gasteiger partial charge in [-0.2, -0.15) is 0 Å². The fraction of sp³-hybridized carbons (Fsp3) is 0.500. The molecule has 0 aliphatic rings. The summed E-state index contributed by atoms with van der Waals surface area (Å²) in [5.41, 5.74) is 1.38. The molecule has 0 atom stereocenters. The van der Waals surface area contributed by atoms with Crippen LogP contribution in [0.4, 0.5) is 0 Å². The van der Waals surface area contributed by atoms with Gasteiger partial charge in [0.1, 0.15) is 5.75 Å². The smallest absolute Gasteiger partial charge is 0.123 e. The highest BCUT2D eigenvalue weighted by Crippen LogP contribution is 2.32. The van der Waals surface area contributed by atoms with Gasteiger partial charge in [0.2, 0.25) is 0 Å². The topological polar surface area (TPSA) is 9.23 Å². The third-order valence-electron chi connectivity index (χ3n) is 2.25. The molecule has 0 aromatic heterocycles. The third kappa shape index (κ3) is 2.50. The van der Waals surface area contributed by atoms with Crippen LogP contribution in [0.25, 0.3) is 0 Å². The Morgan fingerprint density at radius 2 is 1.93 bits per heavy atom. The quantitative estimate of drug-likeness (QED) is 0.746. The molecule has 0 aliphatic heterocycles. The monoisotopic (exact) mass is 256 g/mol. The van der Waals surface area contributed by atoms with Gasteiger partial charge in [0, 0.05) is 16.3 Å². The molecule has 0 saturated carbocycles. The standard InChI is InChI=1S/C12H17BrO/c1-4-14-11-8-6-5-7-10(11)12(2,3)9-13/h5-8H,4,9H2,1-3H3. The van der Waals surface area contributed by atoms with Crippen LogP contribution in [0.2, 0.25) is 0 Å². The highest BCUT2D eigenvalue weighted by Gasteiger charge is 2.22. The van der Waals surface area contributed by atoms with E-state index in [0.29, 0.717) is 0 Å². The molecule has 0 saturated heterocycles. The van der Waals surface area contributed by atoms with E-state index >= 15 is 0 Å². The summed E-state index contributed by atoms with van der Waals surface area (Å²) in [6.45, 7) is 7.15. The fourth-order valence-electron chi connectivity index (χ4n) is 1.38. The zero-order valence-electron chi connectivity index (χ0n) is 9.01. The lowest BCUT2D eigenvalue weighted by atomic mass is 9.86. The normalized spacial score (nSPS) is 11.4. The van der Waals surface area contributed by atoms with Gasteiger partial charge in [0.25, 0.3) is 0 Å². The maximum Gasteiger partial charge on any atom is 0.123 e. The molecule has 1 rings (SSSR count). The predicted molar refractivity (Wildman–Crippen MR) is 64.4 cm³/mol. The van der Waals surface area contributed by atoms with Crippen LogP contribution in [-0.4, -0.2) is 11.9 Å². The van der Waals surface area contributed by atoms with Crippen molar-refractivity contribution in [3.63, 3.8) is 0 Å². The first-order chi connectivity index (χ1) is 6.61. The van der Waals surface area contributed by atoms with Crippen molar-refractivity contribution in [1.82, 2.24) is 0 Å². The summed E-state index contributed by atoms with van der Waals surface area (Å²) < 4.78 is 5.60. The number of ether oxygens (including phenoxy) is 1. The lowest BCUT2D eigenvalue weighted by Gasteiger charge is -2.24. The van der Waals surface area contributed by atoms with Crippen LogP contribution in [0.1, 0.15) is 26.3 Å². The van der Waals surface area contributed by atoms with Gasteiger partial charge in [-0.15, -0.1) is 0 Å². The summed E-state index contributed by atoms with van der Waals surface area (Å²) in [5.74, 6) is 0.999. The molecular formula is C12H17BrO. The van der Waals surface area contributed by atoms with Gasteiger partial charge in [0.15, 0.2) is 0 Å². The van der Waals surface area contributed by atoms with E-state index in [-0.39, 0.29) is 5.41 Å². The Bertz CT molecular complexity index is 294. The van der Waals surface area contributed by atoms with Crippen molar-refractivity contribution in [1.29, 1.82) is 0 Å². The molecule has 0 aliphatic carbocycles. The second-order valence-corrected chi connectivity index (χ2v) is 4.51. The van der Waals surface area contributed by atoms with Crippen molar-refractivity contribution in [2.75, 3.05) is 11.9 Å². The van der Waals surface area contributed by atoms with Crippen LogP contribution in [0.5, 0.6) is 5.75 Å². The van der Waals surface area contributed by atoms with Crippen LogP contribution in [0, 0.1) is 0 Å². The molecule has 0 spiro atoms. The zero-order valence-corrected chi connectivity index (χ0v) is 10.6. The number of halogens is 1. The maximum absolute atomic E-state index is 5.60. The van der Waals surface area contributed by atoms with Gasteiger partial charge < -0.3 is 4.74 Å². The summed E-state index contributed by atoms with van der Waals surface area (Å²) in [5, 5.41) is 0.935. The Morgan fingerprint density at radius 1 is 1.29 bits per heavy atom. The highest BCUT2D eigenvalue weighted by atomic mass is 79.9. The molecule has 14 heavy (non-hydrogen) atoms. The van der Waals surface area contributed by atoms with Crippen LogP contribution in [0.15, 0.2) is 24.3 Å².